The minimum Gasteiger partial charge on any atom is -0.366 e. The van der Waals surface area contributed by atoms with Gasteiger partial charge in [0, 0.05) is 23.0 Å². The van der Waals surface area contributed by atoms with Crippen molar-refractivity contribution in [2.45, 2.75) is 19.9 Å². The molecule has 0 saturated heterocycles. The second-order valence-corrected chi connectivity index (χ2v) is 6.22. The van der Waals surface area contributed by atoms with Gasteiger partial charge >= 0.3 is 0 Å². The Hall–Kier alpha value is -2.52. The number of hydrogen-bond donors (Lipinski definition) is 1. The molecule has 0 saturated carbocycles. The number of rotatable bonds is 5. The van der Waals surface area contributed by atoms with E-state index >= 15 is 0 Å². The van der Waals surface area contributed by atoms with Gasteiger partial charge in [0.2, 0.25) is 0 Å². The molecule has 0 fully saturated rings. The van der Waals surface area contributed by atoms with Crippen molar-refractivity contribution in [1.29, 1.82) is 0 Å². The molecule has 0 unspecified atom stereocenters. The van der Waals surface area contributed by atoms with Crippen LogP contribution in [0.3, 0.4) is 0 Å². The van der Waals surface area contributed by atoms with E-state index in [4.69, 9.17) is 17.3 Å². The summed E-state index contributed by atoms with van der Waals surface area (Å²) in [7, 11) is 0. The van der Waals surface area contributed by atoms with E-state index in [9.17, 15) is 4.79 Å². The van der Waals surface area contributed by atoms with Gasteiger partial charge in [-0.05, 0) is 42.7 Å². The molecular formula is C20H19ClN2O. The van der Waals surface area contributed by atoms with Crippen LogP contribution in [0.2, 0.25) is 5.02 Å². The van der Waals surface area contributed by atoms with E-state index in [1.165, 1.54) is 5.56 Å². The zero-order valence-corrected chi connectivity index (χ0v) is 14.3. The fourth-order valence-corrected chi connectivity index (χ4v) is 3.05. The number of benzene rings is 2. The summed E-state index contributed by atoms with van der Waals surface area (Å²) in [5.74, 6) is -0.394. The van der Waals surface area contributed by atoms with Crippen LogP contribution in [0, 0.1) is 6.92 Å². The van der Waals surface area contributed by atoms with Crippen molar-refractivity contribution in [3.63, 3.8) is 0 Å². The Kier molecular flexibility index (Phi) is 4.72. The minimum absolute atomic E-state index is 0.394. The highest BCUT2D eigenvalue weighted by atomic mass is 35.5. The quantitative estimate of drug-likeness (QED) is 0.733. The van der Waals surface area contributed by atoms with E-state index in [1.807, 2.05) is 67.6 Å². The molecule has 2 aromatic carbocycles. The summed E-state index contributed by atoms with van der Waals surface area (Å²) in [6.07, 6.45) is 0.852. The van der Waals surface area contributed by atoms with Crippen LogP contribution in [0.15, 0.2) is 60.7 Å². The zero-order valence-electron chi connectivity index (χ0n) is 13.5. The number of aromatic nitrogens is 1. The largest absolute Gasteiger partial charge is 0.366 e. The van der Waals surface area contributed by atoms with Gasteiger partial charge in [0.15, 0.2) is 0 Å². The summed E-state index contributed by atoms with van der Waals surface area (Å²) in [4.78, 5) is 11.7. The molecule has 2 N–H and O–H groups in total. The molecule has 0 aliphatic carbocycles. The molecule has 122 valence electrons. The first-order chi connectivity index (χ1) is 11.6. The van der Waals surface area contributed by atoms with Gasteiger partial charge in [-0.25, -0.2) is 0 Å². The number of primary amides is 1. The fraction of sp³-hybridized carbons (Fsp3) is 0.150. The van der Waals surface area contributed by atoms with Crippen LogP contribution < -0.4 is 5.73 Å². The second-order valence-electron chi connectivity index (χ2n) is 5.79. The molecule has 0 radical (unpaired) electrons. The van der Waals surface area contributed by atoms with Gasteiger partial charge in [-0.2, -0.15) is 0 Å². The summed E-state index contributed by atoms with van der Waals surface area (Å²) in [5, 5.41) is 0.733. The lowest BCUT2D eigenvalue weighted by Crippen LogP contribution is -2.13. The fourth-order valence-electron chi connectivity index (χ4n) is 2.92. The smallest absolute Gasteiger partial charge is 0.250 e. The van der Waals surface area contributed by atoms with Crippen molar-refractivity contribution < 1.29 is 4.79 Å². The predicted octanol–water partition coefficient (Wildman–Crippen LogP) is 4.46. The second kappa shape index (κ2) is 6.93. The molecule has 3 nitrogen and oxygen atoms in total. The lowest BCUT2D eigenvalue weighted by Gasteiger charge is -2.12. The topological polar surface area (TPSA) is 48.0 Å². The number of aryl methyl sites for hydroxylation is 1. The Balaban J connectivity index is 1.96. The van der Waals surface area contributed by atoms with E-state index in [-0.39, 0.29) is 0 Å². The van der Waals surface area contributed by atoms with Crippen molar-refractivity contribution in [3.05, 3.63) is 82.5 Å². The Labute approximate surface area is 146 Å². The molecule has 0 aliphatic rings. The molecule has 24 heavy (non-hydrogen) atoms. The Morgan fingerprint density at radius 1 is 1.08 bits per heavy atom. The third-order valence-electron chi connectivity index (χ3n) is 4.24. The monoisotopic (exact) mass is 338 g/mol. The molecule has 0 spiro atoms. The minimum atomic E-state index is -0.394. The molecule has 1 amide bonds. The van der Waals surface area contributed by atoms with Gasteiger partial charge in [-0.3, -0.25) is 4.79 Å². The Morgan fingerprint density at radius 3 is 2.38 bits per heavy atom. The summed E-state index contributed by atoms with van der Waals surface area (Å²) < 4.78 is 2.16. The summed E-state index contributed by atoms with van der Waals surface area (Å²) in [5.41, 5.74) is 10.3. The van der Waals surface area contributed by atoms with Crippen molar-refractivity contribution in [1.82, 2.24) is 4.57 Å². The number of amides is 1. The van der Waals surface area contributed by atoms with E-state index in [0.717, 1.165) is 34.9 Å². The molecule has 0 atom stereocenters. The van der Waals surface area contributed by atoms with Gasteiger partial charge in [0.05, 0.1) is 5.56 Å². The van der Waals surface area contributed by atoms with Gasteiger partial charge in [0.25, 0.3) is 5.91 Å². The lowest BCUT2D eigenvalue weighted by molar-refractivity contribution is 0.0999. The standard InChI is InChI=1S/C20H19ClN2O/c1-14-18(20(22)24)13-19(16-5-3-2-4-6-16)23(14)12-11-15-7-9-17(21)10-8-15/h2-10,13H,11-12H2,1H3,(H2,22,24). The van der Waals surface area contributed by atoms with E-state index < -0.39 is 5.91 Å². The first-order valence-electron chi connectivity index (χ1n) is 7.86. The molecule has 3 rings (SSSR count). The maximum absolute atomic E-state index is 11.7. The summed E-state index contributed by atoms with van der Waals surface area (Å²) >= 11 is 5.94. The van der Waals surface area contributed by atoms with Crippen LogP contribution in [0.25, 0.3) is 11.3 Å². The molecule has 0 bridgehead atoms. The first-order valence-corrected chi connectivity index (χ1v) is 8.24. The average molecular weight is 339 g/mol. The average Bonchev–Trinajstić information content (AvgIpc) is 2.92. The van der Waals surface area contributed by atoms with Crippen LogP contribution in [0.5, 0.6) is 0 Å². The predicted molar refractivity (Wildman–Crippen MR) is 98.3 cm³/mol. The van der Waals surface area contributed by atoms with Crippen molar-refractivity contribution in [2.24, 2.45) is 5.73 Å². The molecule has 4 heteroatoms. The molecular weight excluding hydrogens is 320 g/mol. The number of nitrogens with zero attached hydrogens (tertiary/aromatic N) is 1. The van der Waals surface area contributed by atoms with Crippen LogP contribution in [-0.4, -0.2) is 10.5 Å². The highest BCUT2D eigenvalue weighted by molar-refractivity contribution is 6.30. The van der Waals surface area contributed by atoms with E-state index in [1.54, 1.807) is 0 Å². The van der Waals surface area contributed by atoms with E-state index in [0.29, 0.717) is 5.56 Å². The molecule has 0 aliphatic heterocycles. The van der Waals surface area contributed by atoms with Crippen LogP contribution in [0.1, 0.15) is 21.6 Å². The molecule has 3 aromatic rings. The highest BCUT2D eigenvalue weighted by Gasteiger charge is 2.16. The van der Waals surface area contributed by atoms with Crippen molar-refractivity contribution in [2.75, 3.05) is 0 Å². The number of nitrogens with two attached hydrogens (primary N) is 1. The SMILES string of the molecule is Cc1c(C(N)=O)cc(-c2ccccc2)n1CCc1ccc(Cl)cc1. The Morgan fingerprint density at radius 2 is 1.75 bits per heavy atom. The van der Waals surface area contributed by atoms with Gasteiger partial charge in [0.1, 0.15) is 0 Å². The normalized spacial score (nSPS) is 10.8. The van der Waals surface area contributed by atoms with Crippen molar-refractivity contribution >= 4 is 17.5 Å². The first kappa shape index (κ1) is 16.3. The van der Waals surface area contributed by atoms with Crippen LogP contribution in [-0.2, 0) is 13.0 Å². The highest BCUT2D eigenvalue weighted by Crippen LogP contribution is 2.26. The summed E-state index contributed by atoms with van der Waals surface area (Å²) in [6.45, 7) is 2.71. The van der Waals surface area contributed by atoms with Gasteiger partial charge in [-0.1, -0.05) is 54.1 Å². The summed E-state index contributed by atoms with van der Waals surface area (Å²) in [6, 6.07) is 19.8. The van der Waals surface area contributed by atoms with Crippen LogP contribution in [0.4, 0.5) is 0 Å². The molecule has 1 heterocycles. The zero-order chi connectivity index (χ0) is 17.1. The lowest BCUT2D eigenvalue weighted by atomic mass is 10.1. The maximum atomic E-state index is 11.7. The van der Waals surface area contributed by atoms with Gasteiger partial charge < -0.3 is 10.3 Å². The number of hydrogen-bond acceptors (Lipinski definition) is 1. The van der Waals surface area contributed by atoms with Crippen molar-refractivity contribution in [3.8, 4) is 11.3 Å². The molecule has 1 aromatic heterocycles. The number of carbonyl (C=O) groups excluding carboxylic acids is 1. The van der Waals surface area contributed by atoms with Crippen LogP contribution >= 0.6 is 11.6 Å². The number of carbonyl (C=O) groups is 1. The van der Waals surface area contributed by atoms with E-state index in [2.05, 4.69) is 4.57 Å². The third kappa shape index (κ3) is 3.36. The third-order valence-corrected chi connectivity index (χ3v) is 4.49. The Bertz CT molecular complexity index is 851. The maximum Gasteiger partial charge on any atom is 0.250 e. The van der Waals surface area contributed by atoms with Gasteiger partial charge in [-0.15, -0.1) is 0 Å². The number of halogens is 1.